The van der Waals surface area contributed by atoms with Crippen molar-refractivity contribution in [3.8, 4) is 5.88 Å². The molecule has 0 atom stereocenters. The van der Waals surface area contributed by atoms with Crippen LogP contribution in [0, 0.1) is 0 Å². The number of methoxy groups -OCH3 is 1. The van der Waals surface area contributed by atoms with Crippen LogP contribution >= 0.6 is 0 Å². The summed E-state index contributed by atoms with van der Waals surface area (Å²) in [6.45, 7) is 14.6. The van der Waals surface area contributed by atoms with Crippen LogP contribution in [-0.2, 0) is 14.7 Å². The first kappa shape index (κ1) is 16.3. The van der Waals surface area contributed by atoms with Crippen molar-refractivity contribution >= 4 is 12.6 Å². The summed E-state index contributed by atoms with van der Waals surface area (Å²) >= 11 is 0. The molecule has 0 aromatic carbocycles. The zero-order valence-corrected chi connectivity index (χ0v) is 14.4. The molecule has 0 aliphatic carbocycles. The van der Waals surface area contributed by atoms with Crippen molar-refractivity contribution in [2.45, 2.75) is 65.1 Å². The van der Waals surface area contributed by atoms with Crippen LogP contribution in [0.15, 0.2) is 12.3 Å². The smallest absolute Gasteiger partial charge is 0.481 e. The van der Waals surface area contributed by atoms with Crippen molar-refractivity contribution in [1.82, 2.24) is 4.98 Å². The molecule has 0 radical (unpaired) electrons. The van der Waals surface area contributed by atoms with Crippen molar-refractivity contribution in [2.75, 3.05) is 7.11 Å². The molecule has 2 heterocycles. The third kappa shape index (κ3) is 2.95. The van der Waals surface area contributed by atoms with E-state index in [1.807, 2.05) is 0 Å². The number of nitrogens with zero attached hydrogens (tertiary/aromatic N) is 1. The number of aromatic nitrogens is 1. The summed E-state index contributed by atoms with van der Waals surface area (Å²) in [5.41, 5.74) is 1.23. The van der Waals surface area contributed by atoms with E-state index in [-0.39, 0.29) is 16.6 Å². The van der Waals surface area contributed by atoms with Crippen LogP contribution in [0.4, 0.5) is 0 Å². The number of pyridine rings is 1. The Morgan fingerprint density at radius 3 is 2.05 bits per heavy atom. The van der Waals surface area contributed by atoms with Gasteiger partial charge in [-0.1, -0.05) is 26.8 Å². The Hall–Kier alpha value is -1.07. The van der Waals surface area contributed by atoms with Crippen molar-refractivity contribution in [3.63, 3.8) is 0 Å². The van der Waals surface area contributed by atoms with Crippen molar-refractivity contribution < 1.29 is 14.0 Å². The fourth-order valence-corrected chi connectivity index (χ4v) is 2.28. The zero-order valence-electron chi connectivity index (χ0n) is 14.4. The number of hydrogen-bond acceptors (Lipinski definition) is 4. The average Bonchev–Trinajstić information content (AvgIpc) is 2.56. The molecule has 1 fully saturated rings. The van der Waals surface area contributed by atoms with Crippen LogP contribution in [0.2, 0.25) is 0 Å². The molecule has 0 bridgehead atoms. The van der Waals surface area contributed by atoms with E-state index in [1.165, 1.54) is 0 Å². The van der Waals surface area contributed by atoms with Gasteiger partial charge in [-0.3, -0.25) is 0 Å². The lowest BCUT2D eigenvalue weighted by atomic mass is 9.77. The molecule has 1 aliphatic rings. The molecule has 21 heavy (non-hydrogen) atoms. The Bertz CT molecular complexity index is 519. The van der Waals surface area contributed by atoms with Gasteiger partial charge in [0.1, 0.15) is 0 Å². The zero-order chi connectivity index (χ0) is 16.1. The molecule has 5 heteroatoms. The van der Waals surface area contributed by atoms with E-state index in [4.69, 9.17) is 14.0 Å². The standard InChI is InChI=1S/C16H26BNO3/c1-14(2,3)12-9-11(10-18-13(12)19-8)17-20-15(4,5)16(6,7)21-17/h9-10H,1-8H3. The van der Waals surface area contributed by atoms with Gasteiger partial charge < -0.3 is 14.0 Å². The van der Waals surface area contributed by atoms with Gasteiger partial charge in [-0.25, -0.2) is 4.98 Å². The van der Waals surface area contributed by atoms with E-state index in [2.05, 4.69) is 59.5 Å². The van der Waals surface area contributed by atoms with Crippen LogP contribution in [0.3, 0.4) is 0 Å². The summed E-state index contributed by atoms with van der Waals surface area (Å²) in [6, 6.07) is 2.08. The van der Waals surface area contributed by atoms with E-state index in [9.17, 15) is 0 Å². The van der Waals surface area contributed by atoms with Crippen LogP contribution in [0.25, 0.3) is 0 Å². The second kappa shape index (κ2) is 4.99. The minimum absolute atomic E-state index is 0.0575. The molecule has 0 unspecified atom stereocenters. The van der Waals surface area contributed by atoms with Gasteiger partial charge in [0.2, 0.25) is 5.88 Å². The fraction of sp³-hybridized carbons (Fsp3) is 0.688. The first-order chi connectivity index (χ1) is 9.48. The van der Waals surface area contributed by atoms with Crippen LogP contribution in [0.1, 0.15) is 54.0 Å². The van der Waals surface area contributed by atoms with Gasteiger partial charge >= 0.3 is 7.12 Å². The minimum atomic E-state index is -0.394. The SMILES string of the molecule is COc1ncc(B2OC(C)(C)C(C)(C)O2)cc1C(C)(C)C. The van der Waals surface area contributed by atoms with Crippen molar-refractivity contribution in [1.29, 1.82) is 0 Å². The third-order valence-corrected chi connectivity index (χ3v) is 4.40. The Morgan fingerprint density at radius 1 is 1.10 bits per heavy atom. The van der Waals surface area contributed by atoms with E-state index in [0.717, 1.165) is 11.0 Å². The van der Waals surface area contributed by atoms with E-state index in [1.54, 1.807) is 13.3 Å². The maximum absolute atomic E-state index is 6.09. The molecule has 1 aromatic rings. The monoisotopic (exact) mass is 291 g/mol. The predicted molar refractivity (Wildman–Crippen MR) is 85.2 cm³/mol. The molecule has 0 spiro atoms. The summed E-state index contributed by atoms with van der Waals surface area (Å²) in [5.74, 6) is 0.655. The van der Waals surface area contributed by atoms with Crippen molar-refractivity contribution in [3.05, 3.63) is 17.8 Å². The average molecular weight is 291 g/mol. The second-order valence-electron chi connectivity index (χ2n) is 7.66. The van der Waals surface area contributed by atoms with Gasteiger partial charge in [0, 0.05) is 17.2 Å². The summed E-state index contributed by atoms with van der Waals surface area (Å²) in [6.07, 6.45) is 1.77. The lowest BCUT2D eigenvalue weighted by Gasteiger charge is -2.32. The number of ether oxygens (including phenoxy) is 1. The second-order valence-corrected chi connectivity index (χ2v) is 7.66. The maximum atomic E-state index is 6.09. The highest BCUT2D eigenvalue weighted by atomic mass is 16.7. The normalized spacial score (nSPS) is 20.7. The number of hydrogen-bond donors (Lipinski definition) is 0. The molecule has 116 valence electrons. The van der Waals surface area contributed by atoms with Crippen molar-refractivity contribution in [2.24, 2.45) is 0 Å². The largest absolute Gasteiger partial charge is 0.496 e. The molecule has 0 amide bonds. The maximum Gasteiger partial charge on any atom is 0.496 e. The Kier molecular flexibility index (Phi) is 3.88. The summed E-state index contributed by atoms with van der Waals surface area (Å²) < 4.78 is 17.6. The van der Waals surface area contributed by atoms with Gasteiger partial charge in [0.25, 0.3) is 0 Å². The van der Waals surface area contributed by atoms with Crippen LogP contribution in [0.5, 0.6) is 5.88 Å². The Labute approximate surface area is 128 Å². The highest BCUT2D eigenvalue weighted by Crippen LogP contribution is 2.37. The molecular formula is C16H26BNO3. The van der Waals surface area contributed by atoms with E-state index >= 15 is 0 Å². The molecule has 0 saturated carbocycles. The Morgan fingerprint density at radius 2 is 1.62 bits per heavy atom. The molecule has 1 saturated heterocycles. The lowest BCUT2D eigenvalue weighted by Crippen LogP contribution is -2.41. The molecule has 4 nitrogen and oxygen atoms in total. The van der Waals surface area contributed by atoms with Gasteiger partial charge in [-0.2, -0.15) is 0 Å². The third-order valence-electron chi connectivity index (χ3n) is 4.40. The highest BCUT2D eigenvalue weighted by Gasteiger charge is 2.52. The van der Waals surface area contributed by atoms with Gasteiger partial charge in [-0.05, 0) is 33.1 Å². The van der Waals surface area contributed by atoms with Gasteiger partial charge in [0.05, 0.1) is 18.3 Å². The first-order valence-corrected chi connectivity index (χ1v) is 7.38. The molecule has 0 N–H and O–H groups in total. The van der Waals surface area contributed by atoms with Gasteiger partial charge in [-0.15, -0.1) is 0 Å². The van der Waals surface area contributed by atoms with Crippen LogP contribution in [-0.4, -0.2) is 30.4 Å². The molecule has 1 aliphatic heterocycles. The molecular weight excluding hydrogens is 265 g/mol. The Balaban J connectivity index is 2.39. The van der Waals surface area contributed by atoms with Crippen LogP contribution < -0.4 is 10.2 Å². The van der Waals surface area contributed by atoms with E-state index < -0.39 is 7.12 Å². The lowest BCUT2D eigenvalue weighted by molar-refractivity contribution is 0.00578. The summed E-state index contributed by atoms with van der Waals surface area (Å²) in [5, 5.41) is 0. The number of rotatable bonds is 2. The van der Waals surface area contributed by atoms with E-state index in [0.29, 0.717) is 5.88 Å². The predicted octanol–water partition coefficient (Wildman–Crippen LogP) is 2.69. The summed E-state index contributed by atoms with van der Waals surface area (Å²) in [4.78, 5) is 4.42. The molecule has 1 aromatic heterocycles. The topological polar surface area (TPSA) is 40.6 Å². The minimum Gasteiger partial charge on any atom is -0.481 e. The first-order valence-electron chi connectivity index (χ1n) is 7.38. The highest BCUT2D eigenvalue weighted by molar-refractivity contribution is 6.62. The van der Waals surface area contributed by atoms with Gasteiger partial charge in [0.15, 0.2) is 0 Å². The quantitative estimate of drug-likeness (QED) is 0.786. The summed E-state index contributed by atoms with van der Waals surface area (Å²) in [7, 11) is 1.25. The fourth-order valence-electron chi connectivity index (χ4n) is 2.28. The molecule has 2 rings (SSSR count).